The Morgan fingerprint density at radius 3 is 2.53 bits per heavy atom. The number of carbonyl (C=O) groups excluding carboxylic acids is 1. The number of nitrogens with one attached hydrogen (secondary N) is 1. The molecule has 0 saturated heterocycles. The maximum absolute atomic E-state index is 11.7. The van der Waals surface area contributed by atoms with E-state index in [0.717, 1.165) is 19.4 Å². The fourth-order valence-electron chi connectivity index (χ4n) is 2.32. The highest BCUT2D eigenvalue weighted by Gasteiger charge is 2.25. The average molecular weight is 273 g/mol. The van der Waals surface area contributed by atoms with E-state index in [4.69, 9.17) is 0 Å². The van der Waals surface area contributed by atoms with E-state index in [2.05, 4.69) is 10.2 Å². The van der Waals surface area contributed by atoms with Gasteiger partial charge in [0.15, 0.2) is 0 Å². The highest BCUT2D eigenvalue weighted by molar-refractivity contribution is 5.76. The number of amides is 1. The first-order valence-electron chi connectivity index (χ1n) is 6.70. The van der Waals surface area contributed by atoms with Crippen molar-refractivity contribution in [1.29, 1.82) is 0 Å². The third-order valence-corrected chi connectivity index (χ3v) is 3.38. The molecule has 0 radical (unpaired) electrons. The summed E-state index contributed by atoms with van der Waals surface area (Å²) >= 11 is 0. The highest BCUT2D eigenvalue weighted by Crippen LogP contribution is 2.28. The number of likely N-dealkylation sites (N-methyl/N-ethyl adjacent to an activating group) is 1. The van der Waals surface area contributed by atoms with Crippen LogP contribution in [0.15, 0.2) is 0 Å². The van der Waals surface area contributed by atoms with Crippen LogP contribution in [0.3, 0.4) is 0 Å². The van der Waals surface area contributed by atoms with Gasteiger partial charge in [-0.3, -0.25) is 4.79 Å². The standard InChI is InChI=1S/C12H23N3O4/c1-14(2)8-7-13-12(16)9-10-3-5-11(6-4-10)19-15(17)18/h10-11H,3-9H2,1-2H3,(H,13,16). The third-order valence-electron chi connectivity index (χ3n) is 3.38. The molecule has 1 amide bonds. The van der Waals surface area contributed by atoms with Crippen LogP contribution in [0.1, 0.15) is 32.1 Å². The van der Waals surface area contributed by atoms with Crippen LogP contribution >= 0.6 is 0 Å². The lowest BCUT2D eigenvalue weighted by Crippen LogP contribution is -2.33. The third kappa shape index (κ3) is 6.95. The van der Waals surface area contributed by atoms with Crippen LogP contribution in [0.25, 0.3) is 0 Å². The van der Waals surface area contributed by atoms with Gasteiger partial charge in [0.1, 0.15) is 6.10 Å². The summed E-state index contributed by atoms with van der Waals surface area (Å²) in [5.74, 6) is 0.395. The molecule has 0 atom stereocenters. The Kier molecular flexibility index (Phi) is 6.55. The molecule has 1 aliphatic carbocycles. The summed E-state index contributed by atoms with van der Waals surface area (Å²) in [6, 6.07) is 0. The van der Waals surface area contributed by atoms with Crippen molar-refractivity contribution >= 4 is 5.91 Å². The van der Waals surface area contributed by atoms with E-state index in [-0.39, 0.29) is 12.0 Å². The van der Waals surface area contributed by atoms with E-state index in [1.54, 1.807) is 0 Å². The number of carbonyl (C=O) groups is 1. The van der Waals surface area contributed by atoms with Gasteiger partial charge in [-0.2, -0.15) is 0 Å². The van der Waals surface area contributed by atoms with Crippen molar-refractivity contribution in [2.24, 2.45) is 5.92 Å². The molecule has 0 aromatic rings. The molecule has 0 bridgehead atoms. The Bertz CT molecular complexity index is 301. The second-order valence-electron chi connectivity index (χ2n) is 5.33. The summed E-state index contributed by atoms with van der Waals surface area (Å²) in [5.41, 5.74) is 0. The van der Waals surface area contributed by atoms with Crippen LogP contribution in [0.2, 0.25) is 0 Å². The van der Waals surface area contributed by atoms with Crippen LogP contribution in [-0.4, -0.2) is 49.2 Å². The first kappa shape index (κ1) is 15.7. The van der Waals surface area contributed by atoms with E-state index in [9.17, 15) is 14.9 Å². The molecule has 1 rings (SSSR count). The minimum absolute atomic E-state index is 0.0699. The minimum Gasteiger partial charge on any atom is -0.355 e. The van der Waals surface area contributed by atoms with Gasteiger partial charge < -0.3 is 15.1 Å². The van der Waals surface area contributed by atoms with E-state index in [0.29, 0.717) is 31.7 Å². The molecule has 1 fully saturated rings. The zero-order chi connectivity index (χ0) is 14.3. The van der Waals surface area contributed by atoms with Gasteiger partial charge in [-0.1, -0.05) is 0 Å². The van der Waals surface area contributed by atoms with E-state index in [1.165, 1.54) is 0 Å². The summed E-state index contributed by atoms with van der Waals surface area (Å²) in [5, 5.41) is 12.4. The molecular formula is C12H23N3O4. The molecule has 0 aromatic heterocycles. The molecule has 19 heavy (non-hydrogen) atoms. The number of hydrogen-bond acceptors (Lipinski definition) is 5. The molecule has 1 N–H and O–H groups in total. The zero-order valence-electron chi connectivity index (χ0n) is 11.6. The lowest BCUT2D eigenvalue weighted by atomic mass is 9.85. The number of nitrogens with zero attached hydrogens (tertiary/aromatic N) is 2. The van der Waals surface area contributed by atoms with Crippen molar-refractivity contribution in [2.75, 3.05) is 27.2 Å². The lowest BCUT2D eigenvalue weighted by Gasteiger charge is -2.26. The summed E-state index contributed by atoms with van der Waals surface area (Å²) in [6.45, 7) is 1.49. The predicted molar refractivity (Wildman–Crippen MR) is 70.0 cm³/mol. The molecule has 110 valence electrons. The minimum atomic E-state index is -0.723. The smallest absolute Gasteiger partial charge is 0.294 e. The van der Waals surface area contributed by atoms with Gasteiger partial charge in [-0.05, 0) is 45.7 Å². The molecule has 0 unspecified atom stereocenters. The summed E-state index contributed by atoms with van der Waals surface area (Å²) in [6.07, 6.45) is 3.19. The van der Waals surface area contributed by atoms with Gasteiger partial charge in [-0.25, -0.2) is 0 Å². The predicted octanol–water partition coefficient (Wildman–Crippen LogP) is 0.821. The van der Waals surface area contributed by atoms with Crippen molar-refractivity contribution in [3.8, 4) is 0 Å². The van der Waals surface area contributed by atoms with Gasteiger partial charge in [-0.15, -0.1) is 10.1 Å². The van der Waals surface area contributed by atoms with E-state index >= 15 is 0 Å². The molecule has 7 nitrogen and oxygen atoms in total. The Morgan fingerprint density at radius 2 is 2.00 bits per heavy atom. The lowest BCUT2D eigenvalue weighted by molar-refractivity contribution is -0.769. The van der Waals surface area contributed by atoms with Crippen molar-refractivity contribution in [1.82, 2.24) is 10.2 Å². The van der Waals surface area contributed by atoms with Crippen LogP contribution in [-0.2, 0) is 9.63 Å². The zero-order valence-corrected chi connectivity index (χ0v) is 11.6. The number of hydrogen-bond donors (Lipinski definition) is 1. The molecular weight excluding hydrogens is 250 g/mol. The van der Waals surface area contributed by atoms with E-state index < -0.39 is 5.09 Å². The normalized spacial score (nSPS) is 23.1. The van der Waals surface area contributed by atoms with Crippen molar-refractivity contribution in [2.45, 2.75) is 38.2 Å². The Balaban J connectivity index is 2.14. The SMILES string of the molecule is CN(C)CCNC(=O)CC1CCC(O[N+](=O)[O-])CC1. The first-order valence-corrected chi connectivity index (χ1v) is 6.70. The maximum Gasteiger partial charge on any atom is 0.294 e. The summed E-state index contributed by atoms with van der Waals surface area (Å²) in [7, 11) is 3.92. The van der Waals surface area contributed by atoms with Gasteiger partial charge in [0, 0.05) is 19.5 Å². The van der Waals surface area contributed by atoms with Crippen molar-refractivity contribution in [3.05, 3.63) is 10.1 Å². The summed E-state index contributed by atoms with van der Waals surface area (Å²) in [4.78, 5) is 28.5. The molecule has 7 heteroatoms. The topological polar surface area (TPSA) is 84.7 Å². The molecule has 0 aromatic carbocycles. The molecule has 0 aliphatic heterocycles. The molecule has 1 saturated carbocycles. The highest BCUT2D eigenvalue weighted by atomic mass is 17.0. The Morgan fingerprint density at radius 1 is 1.37 bits per heavy atom. The second kappa shape index (κ2) is 7.93. The first-order chi connectivity index (χ1) is 8.97. The quantitative estimate of drug-likeness (QED) is 0.548. The van der Waals surface area contributed by atoms with Gasteiger partial charge in [0.05, 0.1) is 0 Å². The monoisotopic (exact) mass is 273 g/mol. The Hall–Kier alpha value is -1.37. The molecule has 0 spiro atoms. The van der Waals surface area contributed by atoms with Gasteiger partial charge in [0.2, 0.25) is 5.91 Å². The van der Waals surface area contributed by atoms with Crippen molar-refractivity contribution in [3.63, 3.8) is 0 Å². The van der Waals surface area contributed by atoms with Crippen LogP contribution in [0.4, 0.5) is 0 Å². The fraction of sp³-hybridized carbons (Fsp3) is 0.917. The summed E-state index contributed by atoms with van der Waals surface area (Å²) < 4.78 is 0. The van der Waals surface area contributed by atoms with Crippen molar-refractivity contribution < 1.29 is 14.7 Å². The van der Waals surface area contributed by atoms with Gasteiger partial charge >= 0.3 is 0 Å². The Labute approximate surface area is 113 Å². The average Bonchev–Trinajstić information content (AvgIpc) is 2.30. The van der Waals surface area contributed by atoms with E-state index in [1.807, 2.05) is 19.0 Å². The molecule has 0 heterocycles. The number of rotatable bonds is 7. The van der Waals surface area contributed by atoms with Crippen LogP contribution in [0.5, 0.6) is 0 Å². The second-order valence-corrected chi connectivity index (χ2v) is 5.33. The largest absolute Gasteiger partial charge is 0.355 e. The van der Waals surface area contributed by atoms with Crippen LogP contribution in [0, 0.1) is 16.0 Å². The van der Waals surface area contributed by atoms with Gasteiger partial charge in [0.25, 0.3) is 5.09 Å². The molecule has 1 aliphatic rings. The fourth-order valence-corrected chi connectivity index (χ4v) is 2.32. The van der Waals surface area contributed by atoms with Crippen LogP contribution < -0.4 is 5.32 Å². The maximum atomic E-state index is 11.7.